The van der Waals surface area contributed by atoms with Crippen LogP contribution in [-0.2, 0) is 6.54 Å². The van der Waals surface area contributed by atoms with Gasteiger partial charge in [0, 0.05) is 12.1 Å². The van der Waals surface area contributed by atoms with Gasteiger partial charge in [-0.2, -0.15) is 5.10 Å². The van der Waals surface area contributed by atoms with Crippen molar-refractivity contribution in [1.82, 2.24) is 9.78 Å². The van der Waals surface area contributed by atoms with Crippen molar-refractivity contribution in [3.8, 4) is 11.3 Å². The van der Waals surface area contributed by atoms with E-state index in [2.05, 4.69) is 21.0 Å². The van der Waals surface area contributed by atoms with Crippen LogP contribution >= 0.6 is 15.9 Å². The van der Waals surface area contributed by atoms with Gasteiger partial charge in [0.15, 0.2) is 0 Å². The Morgan fingerprint density at radius 2 is 2.00 bits per heavy atom. The first-order valence-electron chi connectivity index (χ1n) is 4.69. The molecule has 15 heavy (non-hydrogen) atoms. The molecule has 1 aromatic carbocycles. The van der Waals surface area contributed by atoms with Crippen molar-refractivity contribution < 1.29 is 4.39 Å². The van der Waals surface area contributed by atoms with Gasteiger partial charge < -0.3 is 0 Å². The highest BCUT2D eigenvalue weighted by Crippen LogP contribution is 2.27. The van der Waals surface area contributed by atoms with Gasteiger partial charge in [0.25, 0.3) is 0 Å². The van der Waals surface area contributed by atoms with E-state index in [0.29, 0.717) is 0 Å². The van der Waals surface area contributed by atoms with E-state index in [1.54, 1.807) is 18.3 Å². The van der Waals surface area contributed by atoms with Crippen molar-refractivity contribution in [2.75, 3.05) is 0 Å². The number of nitrogens with zero attached hydrogens (tertiary/aromatic N) is 2. The smallest absolute Gasteiger partial charge is 0.123 e. The van der Waals surface area contributed by atoms with E-state index >= 15 is 0 Å². The highest BCUT2D eigenvalue weighted by molar-refractivity contribution is 9.10. The lowest BCUT2D eigenvalue weighted by Gasteiger charge is -2.05. The summed E-state index contributed by atoms with van der Waals surface area (Å²) in [6, 6.07) is 6.41. The van der Waals surface area contributed by atoms with Crippen molar-refractivity contribution in [2.45, 2.75) is 13.5 Å². The van der Waals surface area contributed by atoms with Gasteiger partial charge in [-0.05, 0) is 47.1 Å². The minimum atomic E-state index is -0.225. The fraction of sp³-hybridized carbons (Fsp3) is 0.182. The maximum absolute atomic E-state index is 12.8. The van der Waals surface area contributed by atoms with Crippen molar-refractivity contribution >= 4 is 15.9 Å². The Balaban J connectivity index is 2.52. The number of halogens is 2. The molecular weight excluding hydrogens is 259 g/mol. The molecule has 0 saturated carbocycles. The predicted octanol–water partition coefficient (Wildman–Crippen LogP) is 3.47. The van der Waals surface area contributed by atoms with Gasteiger partial charge in [0.2, 0.25) is 0 Å². The zero-order valence-electron chi connectivity index (χ0n) is 8.24. The second-order valence-electron chi connectivity index (χ2n) is 3.16. The molecule has 2 rings (SSSR count). The number of aryl methyl sites for hydroxylation is 1. The lowest BCUT2D eigenvalue weighted by molar-refractivity contribution is 0.627. The standard InChI is InChI=1S/C11H10BrFN2/c1-2-15-11(10(12)7-14-15)8-3-5-9(13)6-4-8/h3-7H,2H2,1H3. The molecule has 1 heterocycles. The molecule has 0 amide bonds. The Morgan fingerprint density at radius 3 is 2.60 bits per heavy atom. The van der Waals surface area contributed by atoms with E-state index in [1.165, 1.54) is 12.1 Å². The topological polar surface area (TPSA) is 17.8 Å². The number of hydrogen-bond acceptors (Lipinski definition) is 1. The number of hydrogen-bond donors (Lipinski definition) is 0. The molecule has 1 aromatic heterocycles. The van der Waals surface area contributed by atoms with Crippen LogP contribution < -0.4 is 0 Å². The molecule has 4 heteroatoms. The molecule has 0 aliphatic rings. The Morgan fingerprint density at radius 1 is 1.33 bits per heavy atom. The van der Waals surface area contributed by atoms with Crippen molar-refractivity contribution in [3.05, 3.63) is 40.8 Å². The van der Waals surface area contributed by atoms with Gasteiger partial charge in [-0.15, -0.1) is 0 Å². The first kappa shape index (κ1) is 10.4. The summed E-state index contributed by atoms with van der Waals surface area (Å²) >= 11 is 3.44. The first-order valence-corrected chi connectivity index (χ1v) is 5.49. The summed E-state index contributed by atoms with van der Waals surface area (Å²) in [5.74, 6) is -0.225. The quantitative estimate of drug-likeness (QED) is 0.816. The maximum atomic E-state index is 12.8. The average Bonchev–Trinajstić information content (AvgIpc) is 2.61. The maximum Gasteiger partial charge on any atom is 0.123 e. The number of rotatable bonds is 2. The zero-order chi connectivity index (χ0) is 10.8. The van der Waals surface area contributed by atoms with E-state index in [-0.39, 0.29) is 5.82 Å². The van der Waals surface area contributed by atoms with Crippen molar-refractivity contribution in [3.63, 3.8) is 0 Å². The van der Waals surface area contributed by atoms with Crippen LogP contribution in [0, 0.1) is 5.82 Å². The van der Waals surface area contributed by atoms with E-state index in [9.17, 15) is 4.39 Å². The molecule has 2 aromatic rings. The van der Waals surface area contributed by atoms with Crippen LogP contribution in [0.5, 0.6) is 0 Å². The molecule has 0 radical (unpaired) electrons. The van der Waals surface area contributed by atoms with Crippen LogP contribution in [-0.4, -0.2) is 9.78 Å². The molecule has 78 valence electrons. The monoisotopic (exact) mass is 268 g/mol. The molecular formula is C11H10BrFN2. The van der Waals surface area contributed by atoms with Gasteiger partial charge in [0.1, 0.15) is 5.82 Å². The van der Waals surface area contributed by atoms with Gasteiger partial charge >= 0.3 is 0 Å². The molecule has 0 fully saturated rings. The number of aromatic nitrogens is 2. The molecule has 0 aliphatic heterocycles. The van der Waals surface area contributed by atoms with Crippen LogP contribution in [0.2, 0.25) is 0 Å². The molecule has 0 bridgehead atoms. The van der Waals surface area contributed by atoms with E-state index in [4.69, 9.17) is 0 Å². The second-order valence-corrected chi connectivity index (χ2v) is 4.02. The van der Waals surface area contributed by atoms with E-state index < -0.39 is 0 Å². The Kier molecular flexibility index (Phi) is 2.86. The normalized spacial score (nSPS) is 10.6. The Hall–Kier alpha value is -1.16. The van der Waals surface area contributed by atoms with E-state index in [1.807, 2.05) is 11.6 Å². The van der Waals surface area contributed by atoms with Crippen molar-refractivity contribution in [2.24, 2.45) is 0 Å². The largest absolute Gasteiger partial charge is 0.264 e. The Labute approximate surface area is 95.9 Å². The fourth-order valence-electron chi connectivity index (χ4n) is 1.50. The minimum Gasteiger partial charge on any atom is -0.264 e. The van der Waals surface area contributed by atoms with Crippen LogP contribution in [0.3, 0.4) is 0 Å². The average molecular weight is 269 g/mol. The van der Waals surface area contributed by atoms with Gasteiger partial charge in [-0.25, -0.2) is 4.39 Å². The second kappa shape index (κ2) is 4.14. The zero-order valence-corrected chi connectivity index (χ0v) is 9.83. The summed E-state index contributed by atoms with van der Waals surface area (Å²) in [5.41, 5.74) is 1.94. The van der Waals surface area contributed by atoms with Crippen LogP contribution in [0.15, 0.2) is 34.9 Å². The van der Waals surface area contributed by atoms with Crippen molar-refractivity contribution in [1.29, 1.82) is 0 Å². The van der Waals surface area contributed by atoms with Crippen LogP contribution in [0.25, 0.3) is 11.3 Å². The highest BCUT2D eigenvalue weighted by atomic mass is 79.9. The molecule has 0 atom stereocenters. The molecule has 0 unspecified atom stereocenters. The summed E-state index contributed by atoms with van der Waals surface area (Å²) in [4.78, 5) is 0. The van der Waals surface area contributed by atoms with Gasteiger partial charge in [-0.1, -0.05) is 0 Å². The van der Waals surface area contributed by atoms with Crippen LogP contribution in [0.1, 0.15) is 6.92 Å². The Bertz CT molecular complexity index is 462. The van der Waals surface area contributed by atoms with E-state index in [0.717, 1.165) is 22.3 Å². The third kappa shape index (κ3) is 1.95. The SMILES string of the molecule is CCn1ncc(Br)c1-c1ccc(F)cc1. The first-order chi connectivity index (χ1) is 7.22. The summed E-state index contributed by atoms with van der Waals surface area (Å²) in [6.45, 7) is 2.81. The minimum absolute atomic E-state index is 0.225. The summed E-state index contributed by atoms with van der Waals surface area (Å²) in [7, 11) is 0. The molecule has 0 saturated heterocycles. The lowest BCUT2D eigenvalue weighted by Crippen LogP contribution is -1.98. The summed E-state index contributed by atoms with van der Waals surface area (Å²) in [5, 5.41) is 4.21. The number of benzene rings is 1. The summed E-state index contributed by atoms with van der Waals surface area (Å²) in [6.07, 6.45) is 1.75. The highest BCUT2D eigenvalue weighted by Gasteiger charge is 2.09. The molecule has 0 spiro atoms. The van der Waals surface area contributed by atoms with Crippen LogP contribution in [0.4, 0.5) is 4.39 Å². The van der Waals surface area contributed by atoms with Gasteiger partial charge in [-0.3, -0.25) is 4.68 Å². The predicted molar refractivity (Wildman–Crippen MR) is 61.0 cm³/mol. The summed E-state index contributed by atoms with van der Waals surface area (Å²) < 4.78 is 15.6. The fourth-order valence-corrected chi connectivity index (χ4v) is 2.02. The lowest BCUT2D eigenvalue weighted by atomic mass is 10.1. The molecule has 0 N–H and O–H groups in total. The molecule has 2 nitrogen and oxygen atoms in total. The van der Waals surface area contributed by atoms with Gasteiger partial charge in [0.05, 0.1) is 16.4 Å². The third-order valence-electron chi connectivity index (χ3n) is 2.21. The third-order valence-corrected chi connectivity index (χ3v) is 2.79. The molecule has 0 aliphatic carbocycles.